The molecule has 0 saturated carbocycles. The van der Waals surface area contributed by atoms with E-state index >= 15 is 0 Å². The van der Waals surface area contributed by atoms with Crippen LogP contribution in [0.15, 0.2) is 12.4 Å². The van der Waals surface area contributed by atoms with Gasteiger partial charge in [0.15, 0.2) is 11.6 Å². The fourth-order valence-corrected chi connectivity index (χ4v) is 0.659. The normalized spacial score (nSPS) is 8.92. The zero-order valence-electron chi connectivity index (χ0n) is 6.01. The number of aliphatic hydroxyl groups is 1. The number of rotatable bonds is 0. The average molecular weight is 169 g/mol. The number of aromatic nitrogens is 1. The van der Waals surface area contributed by atoms with Crippen molar-refractivity contribution in [2.75, 3.05) is 6.61 Å². The Balaban J connectivity index is 3.13. The van der Waals surface area contributed by atoms with Crippen molar-refractivity contribution in [3.05, 3.63) is 29.6 Å². The lowest BCUT2D eigenvalue weighted by atomic mass is 10.2. The lowest BCUT2D eigenvalue weighted by molar-refractivity contribution is 0.350. The Kier molecular flexibility index (Phi) is 2.72. The molecule has 0 saturated heterocycles. The molecule has 1 aromatic rings. The molecular weight excluding hydrogens is 164 g/mol. The minimum absolute atomic E-state index is 0.362. The van der Waals surface area contributed by atoms with Crippen molar-refractivity contribution in [3.63, 3.8) is 0 Å². The molecule has 0 radical (unpaired) electrons. The highest BCUT2D eigenvalue weighted by Crippen LogP contribution is 2.07. The minimum atomic E-state index is -0.823. The Morgan fingerprint density at radius 2 is 1.92 bits per heavy atom. The second kappa shape index (κ2) is 3.79. The first-order valence-electron chi connectivity index (χ1n) is 3.14. The predicted molar refractivity (Wildman–Crippen MR) is 38.1 cm³/mol. The Morgan fingerprint density at radius 3 is 2.42 bits per heavy atom. The summed E-state index contributed by atoms with van der Waals surface area (Å²) in [4.78, 5) is 3.27. The van der Waals surface area contributed by atoms with Crippen molar-refractivity contribution >= 4 is 0 Å². The summed E-state index contributed by atoms with van der Waals surface area (Å²) in [6.45, 7) is -0.429. The third kappa shape index (κ3) is 1.77. The summed E-state index contributed by atoms with van der Waals surface area (Å²) in [5.74, 6) is 2.64. The van der Waals surface area contributed by atoms with Gasteiger partial charge < -0.3 is 5.11 Å². The van der Waals surface area contributed by atoms with Crippen LogP contribution >= 0.6 is 0 Å². The standard InChI is InChI=1S/C8H5F2NO/c9-7-4-11-5-8(10)6(7)2-1-3-12/h4-5,12H,3H2. The second-order valence-corrected chi connectivity index (χ2v) is 1.94. The molecule has 0 aliphatic heterocycles. The quantitative estimate of drug-likeness (QED) is 0.580. The number of halogens is 2. The molecule has 0 bridgehead atoms. The van der Waals surface area contributed by atoms with Gasteiger partial charge in [0.2, 0.25) is 0 Å². The summed E-state index contributed by atoms with van der Waals surface area (Å²) in [5.41, 5.74) is -0.362. The molecule has 1 rings (SSSR count). The molecule has 62 valence electrons. The fraction of sp³-hybridized carbons (Fsp3) is 0.125. The van der Waals surface area contributed by atoms with Crippen molar-refractivity contribution < 1.29 is 13.9 Å². The van der Waals surface area contributed by atoms with Gasteiger partial charge in [0.25, 0.3) is 0 Å². The predicted octanol–water partition coefficient (Wildman–Crippen LogP) is 0.704. The van der Waals surface area contributed by atoms with Gasteiger partial charge in [-0.15, -0.1) is 0 Å². The summed E-state index contributed by atoms with van der Waals surface area (Å²) in [6, 6.07) is 0. The Hall–Kier alpha value is -1.47. The highest BCUT2D eigenvalue weighted by atomic mass is 19.1. The highest BCUT2D eigenvalue weighted by molar-refractivity contribution is 5.34. The van der Waals surface area contributed by atoms with Crippen LogP contribution in [0.1, 0.15) is 5.56 Å². The molecule has 12 heavy (non-hydrogen) atoms. The van der Waals surface area contributed by atoms with Crippen molar-refractivity contribution in [2.45, 2.75) is 0 Å². The van der Waals surface area contributed by atoms with E-state index in [0.29, 0.717) is 0 Å². The average Bonchev–Trinajstić information content (AvgIpc) is 2.04. The maximum atomic E-state index is 12.7. The monoisotopic (exact) mass is 169 g/mol. The van der Waals surface area contributed by atoms with Crippen LogP contribution in [-0.2, 0) is 0 Å². The van der Waals surface area contributed by atoms with Crippen molar-refractivity contribution in [1.82, 2.24) is 4.98 Å². The molecule has 2 nitrogen and oxygen atoms in total. The summed E-state index contributed by atoms with van der Waals surface area (Å²) in [7, 11) is 0. The van der Waals surface area contributed by atoms with Gasteiger partial charge >= 0.3 is 0 Å². The van der Waals surface area contributed by atoms with Crippen molar-refractivity contribution in [1.29, 1.82) is 0 Å². The lowest BCUT2D eigenvalue weighted by Crippen LogP contribution is -1.91. The molecule has 1 heterocycles. The van der Waals surface area contributed by atoms with E-state index in [9.17, 15) is 8.78 Å². The molecule has 0 aliphatic carbocycles. The zero-order valence-corrected chi connectivity index (χ0v) is 6.01. The van der Waals surface area contributed by atoms with E-state index < -0.39 is 18.2 Å². The summed E-state index contributed by atoms with van der Waals surface area (Å²) in [5, 5.41) is 8.28. The Bertz CT molecular complexity index is 320. The van der Waals surface area contributed by atoms with Gasteiger partial charge in [0.05, 0.1) is 18.0 Å². The number of hydrogen-bond acceptors (Lipinski definition) is 2. The largest absolute Gasteiger partial charge is 0.384 e. The van der Waals surface area contributed by atoms with Crippen LogP contribution in [0.25, 0.3) is 0 Å². The van der Waals surface area contributed by atoms with Gasteiger partial charge in [-0.25, -0.2) is 8.78 Å². The summed E-state index contributed by atoms with van der Waals surface area (Å²) in [6.07, 6.45) is 1.73. The first kappa shape index (κ1) is 8.62. The molecule has 4 heteroatoms. The zero-order chi connectivity index (χ0) is 8.97. The maximum Gasteiger partial charge on any atom is 0.160 e. The highest BCUT2D eigenvalue weighted by Gasteiger charge is 2.04. The van der Waals surface area contributed by atoms with Gasteiger partial charge in [-0.05, 0) is 0 Å². The molecule has 1 aromatic heterocycles. The maximum absolute atomic E-state index is 12.7. The van der Waals surface area contributed by atoms with Gasteiger partial charge in [-0.1, -0.05) is 11.8 Å². The minimum Gasteiger partial charge on any atom is -0.384 e. The van der Waals surface area contributed by atoms with Crippen LogP contribution in [0.3, 0.4) is 0 Å². The fourth-order valence-electron chi connectivity index (χ4n) is 0.659. The molecule has 0 atom stereocenters. The molecular formula is C8H5F2NO. The first-order chi connectivity index (χ1) is 5.75. The van der Waals surface area contributed by atoms with Crippen molar-refractivity contribution in [2.24, 2.45) is 0 Å². The SMILES string of the molecule is OCC#Cc1c(F)cncc1F. The van der Waals surface area contributed by atoms with Gasteiger partial charge in [0, 0.05) is 0 Å². The van der Waals surface area contributed by atoms with E-state index in [1.807, 2.05) is 0 Å². The molecule has 0 amide bonds. The molecule has 1 N–H and O–H groups in total. The number of hydrogen-bond donors (Lipinski definition) is 1. The van der Waals surface area contributed by atoms with E-state index in [-0.39, 0.29) is 5.56 Å². The summed E-state index contributed by atoms with van der Waals surface area (Å²) >= 11 is 0. The molecule has 0 spiro atoms. The Morgan fingerprint density at radius 1 is 1.33 bits per heavy atom. The van der Waals surface area contributed by atoms with Crippen molar-refractivity contribution in [3.8, 4) is 11.8 Å². The van der Waals surface area contributed by atoms with Crippen LogP contribution in [0.4, 0.5) is 8.78 Å². The smallest absolute Gasteiger partial charge is 0.160 e. The number of aliphatic hydroxyl groups excluding tert-OH is 1. The van der Waals surface area contributed by atoms with Crippen LogP contribution in [-0.4, -0.2) is 16.7 Å². The topological polar surface area (TPSA) is 33.1 Å². The van der Waals surface area contributed by atoms with E-state index in [1.54, 1.807) is 0 Å². The second-order valence-electron chi connectivity index (χ2n) is 1.94. The third-order valence-electron chi connectivity index (χ3n) is 1.15. The van der Waals surface area contributed by atoms with Crippen LogP contribution < -0.4 is 0 Å². The summed E-state index contributed by atoms with van der Waals surface area (Å²) < 4.78 is 25.4. The lowest BCUT2D eigenvalue weighted by Gasteiger charge is -1.93. The third-order valence-corrected chi connectivity index (χ3v) is 1.15. The molecule has 0 unspecified atom stereocenters. The van der Waals surface area contributed by atoms with Gasteiger partial charge in [-0.2, -0.15) is 0 Å². The van der Waals surface area contributed by atoms with E-state index in [4.69, 9.17) is 5.11 Å². The van der Waals surface area contributed by atoms with E-state index in [2.05, 4.69) is 16.8 Å². The molecule has 0 aliphatic rings. The van der Waals surface area contributed by atoms with Gasteiger partial charge in [0.1, 0.15) is 6.61 Å². The Labute approximate surface area is 67.9 Å². The molecule has 0 fully saturated rings. The molecule has 0 aromatic carbocycles. The first-order valence-corrected chi connectivity index (χ1v) is 3.14. The van der Waals surface area contributed by atoms with Crippen LogP contribution in [0.5, 0.6) is 0 Å². The number of pyridine rings is 1. The van der Waals surface area contributed by atoms with Crippen LogP contribution in [0, 0.1) is 23.5 Å². The van der Waals surface area contributed by atoms with E-state index in [1.165, 1.54) is 0 Å². The van der Waals surface area contributed by atoms with E-state index in [0.717, 1.165) is 12.4 Å². The number of nitrogens with zero attached hydrogens (tertiary/aromatic N) is 1. The van der Waals surface area contributed by atoms with Crippen LogP contribution in [0.2, 0.25) is 0 Å². The van der Waals surface area contributed by atoms with Gasteiger partial charge in [-0.3, -0.25) is 4.98 Å².